The number of carbonyl (C=O) groups is 1. The van der Waals surface area contributed by atoms with Gasteiger partial charge in [-0.05, 0) is 24.1 Å². The molecule has 0 unspecified atom stereocenters. The monoisotopic (exact) mass is 222 g/mol. The van der Waals surface area contributed by atoms with Crippen LogP contribution in [-0.2, 0) is 16.6 Å². The van der Waals surface area contributed by atoms with Crippen molar-refractivity contribution >= 4 is 27.4 Å². The van der Waals surface area contributed by atoms with Gasteiger partial charge in [-0.3, -0.25) is 14.2 Å². The van der Waals surface area contributed by atoms with Crippen LogP contribution in [0.25, 0.3) is 0 Å². The van der Waals surface area contributed by atoms with Crippen LogP contribution < -0.4 is 9.44 Å². The molecule has 0 saturated heterocycles. The fraction of sp³-hybridized carbons (Fsp3) is 0.111. The molecule has 6 heteroatoms. The molecule has 76 valence electrons. The van der Waals surface area contributed by atoms with Crippen molar-refractivity contribution in [2.24, 2.45) is 0 Å². The fourth-order valence-electron chi connectivity index (χ4n) is 1.76. The molecular weight excluding hydrogens is 216 g/mol. The number of nitrogens with one attached hydrogen (secondary N) is 2. The van der Waals surface area contributed by atoms with E-state index in [0.717, 1.165) is 5.56 Å². The number of fused-ring (bicyclic) bond motifs is 2. The van der Waals surface area contributed by atoms with E-state index in [0.29, 0.717) is 23.4 Å². The van der Waals surface area contributed by atoms with Crippen LogP contribution in [0.1, 0.15) is 15.9 Å². The second-order valence-electron chi connectivity index (χ2n) is 3.45. The van der Waals surface area contributed by atoms with Gasteiger partial charge in [-0.1, -0.05) is 0 Å². The van der Waals surface area contributed by atoms with Crippen molar-refractivity contribution in [3.05, 3.63) is 29.7 Å². The lowest BCUT2D eigenvalue weighted by atomic mass is 10.1. The number of carbonyl (C=O) groups excluding carboxylic acids is 1. The average molecular weight is 222 g/mol. The summed E-state index contributed by atoms with van der Waals surface area (Å²) in [6, 6.07) is 3.21. The van der Waals surface area contributed by atoms with E-state index in [-0.39, 0.29) is 5.78 Å². The molecule has 0 aromatic heterocycles. The van der Waals surface area contributed by atoms with Crippen molar-refractivity contribution < 1.29 is 13.2 Å². The van der Waals surface area contributed by atoms with E-state index in [1.807, 2.05) is 0 Å². The van der Waals surface area contributed by atoms with Crippen LogP contribution in [0, 0.1) is 6.42 Å². The lowest BCUT2D eigenvalue weighted by Gasteiger charge is -2.00. The van der Waals surface area contributed by atoms with Gasteiger partial charge in [0.15, 0.2) is 5.78 Å². The van der Waals surface area contributed by atoms with Crippen molar-refractivity contribution in [1.29, 1.82) is 0 Å². The van der Waals surface area contributed by atoms with Gasteiger partial charge in [-0.15, -0.1) is 0 Å². The summed E-state index contributed by atoms with van der Waals surface area (Å²) in [6.07, 6.45) is 3.11. The molecule has 0 saturated carbocycles. The maximum Gasteiger partial charge on any atom is 0.321 e. The Morgan fingerprint density at radius 2 is 1.87 bits per heavy atom. The predicted octanol–water partition coefficient (Wildman–Crippen LogP) is 0.589. The van der Waals surface area contributed by atoms with Gasteiger partial charge >= 0.3 is 10.2 Å². The zero-order valence-corrected chi connectivity index (χ0v) is 8.31. The van der Waals surface area contributed by atoms with Crippen LogP contribution in [0.5, 0.6) is 0 Å². The summed E-state index contributed by atoms with van der Waals surface area (Å²) in [6.45, 7) is 0. The molecule has 0 spiro atoms. The topological polar surface area (TPSA) is 75.3 Å². The minimum Gasteiger partial charge on any atom is -0.293 e. The number of hydrogen-bond acceptors (Lipinski definition) is 3. The first-order valence-corrected chi connectivity index (χ1v) is 5.79. The third-order valence-electron chi connectivity index (χ3n) is 2.42. The summed E-state index contributed by atoms with van der Waals surface area (Å²) in [5.41, 5.74) is 2.25. The Morgan fingerprint density at radius 3 is 2.60 bits per heavy atom. The van der Waals surface area contributed by atoms with E-state index in [4.69, 9.17) is 0 Å². The third-order valence-corrected chi connectivity index (χ3v) is 3.39. The Bertz CT molecular complexity index is 577. The van der Waals surface area contributed by atoms with Crippen LogP contribution in [0.4, 0.5) is 11.4 Å². The summed E-state index contributed by atoms with van der Waals surface area (Å²) in [7, 11) is -3.47. The van der Waals surface area contributed by atoms with Crippen LogP contribution in [0.2, 0.25) is 0 Å². The van der Waals surface area contributed by atoms with Crippen molar-refractivity contribution in [2.45, 2.75) is 6.42 Å². The predicted molar refractivity (Wildman–Crippen MR) is 53.9 cm³/mol. The van der Waals surface area contributed by atoms with Crippen molar-refractivity contribution in [1.82, 2.24) is 0 Å². The fourth-order valence-corrected chi connectivity index (χ4v) is 2.72. The molecule has 2 N–H and O–H groups in total. The van der Waals surface area contributed by atoms with E-state index in [2.05, 4.69) is 15.9 Å². The Balaban J connectivity index is 2.20. The molecule has 5 nitrogen and oxygen atoms in total. The first kappa shape index (κ1) is 8.72. The number of benzene rings is 1. The maximum atomic E-state index is 11.3. The number of Topliss-reactive ketones (excluding diaryl/α,β-unsaturated/α-hetero) is 1. The van der Waals surface area contributed by atoms with Gasteiger partial charge in [0, 0.05) is 5.56 Å². The minimum atomic E-state index is -3.47. The van der Waals surface area contributed by atoms with Gasteiger partial charge in [-0.25, -0.2) is 0 Å². The highest BCUT2D eigenvalue weighted by Gasteiger charge is 2.28. The first-order valence-electron chi connectivity index (χ1n) is 4.31. The molecule has 15 heavy (non-hydrogen) atoms. The second kappa shape index (κ2) is 2.52. The highest BCUT2D eigenvalue weighted by atomic mass is 32.2. The number of ketones is 1. The standard InChI is InChI=1S/C9H6N2O3S/c12-9-2-1-5-3-7-8(4-6(5)9)11-15(13,14)10-7/h3-4,10-11H,1H2. The zero-order chi connectivity index (χ0) is 10.6. The number of hydrogen-bond donors (Lipinski definition) is 2. The summed E-state index contributed by atoms with van der Waals surface area (Å²) in [4.78, 5) is 11.3. The Labute approximate surface area is 86.7 Å². The molecule has 0 bridgehead atoms. The first-order chi connectivity index (χ1) is 7.05. The second-order valence-corrected chi connectivity index (χ2v) is 4.86. The molecule has 0 atom stereocenters. The molecule has 0 fully saturated rings. The summed E-state index contributed by atoms with van der Waals surface area (Å²) < 4.78 is 27.0. The molecule has 1 heterocycles. The highest BCUT2D eigenvalue weighted by Crippen LogP contribution is 2.35. The van der Waals surface area contributed by atoms with E-state index in [1.165, 1.54) is 0 Å². The molecular formula is C9H6N2O3S. The summed E-state index contributed by atoms with van der Waals surface area (Å²) in [5.74, 6) is -0.168. The van der Waals surface area contributed by atoms with Gasteiger partial charge in [0.25, 0.3) is 0 Å². The van der Waals surface area contributed by atoms with Gasteiger partial charge in [-0.2, -0.15) is 8.42 Å². The molecule has 1 aliphatic heterocycles. The van der Waals surface area contributed by atoms with Crippen molar-refractivity contribution in [3.63, 3.8) is 0 Å². The Hall–Kier alpha value is -1.56. The quantitative estimate of drug-likeness (QED) is 0.674. The molecule has 1 aliphatic carbocycles. The van der Waals surface area contributed by atoms with Crippen molar-refractivity contribution in [3.8, 4) is 0 Å². The largest absolute Gasteiger partial charge is 0.321 e. The van der Waals surface area contributed by atoms with Crippen LogP contribution in [-0.4, -0.2) is 14.2 Å². The molecule has 2 aliphatic rings. The van der Waals surface area contributed by atoms with Gasteiger partial charge in [0.1, 0.15) is 0 Å². The normalized spacial score (nSPS) is 20.4. The SMILES string of the molecule is O=C1[C]Cc2cc3c(cc21)NS(=O)(=O)N3. The lowest BCUT2D eigenvalue weighted by Crippen LogP contribution is -2.12. The van der Waals surface area contributed by atoms with Crippen molar-refractivity contribution in [2.75, 3.05) is 9.44 Å². The maximum absolute atomic E-state index is 11.3. The lowest BCUT2D eigenvalue weighted by molar-refractivity contribution is 0.103. The smallest absolute Gasteiger partial charge is 0.293 e. The Morgan fingerprint density at radius 1 is 1.20 bits per heavy atom. The van der Waals surface area contributed by atoms with Crippen LogP contribution in [0.15, 0.2) is 12.1 Å². The van der Waals surface area contributed by atoms with Gasteiger partial charge < -0.3 is 0 Å². The molecule has 3 rings (SSSR count). The summed E-state index contributed by atoms with van der Waals surface area (Å²) in [5, 5.41) is 0. The van der Waals surface area contributed by atoms with Gasteiger partial charge in [0.2, 0.25) is 0 Å². The Kier molecular flexibility index (Phi) is 1.46. The molecule has 2 radical (unpaired) electrons. The van der Waals surface area contributed by atoms with E-state index in [1.54, 1.807) is 12.1 Å². The highest BCUT2D eigenvalue weighted by molar-refractivity contribution is 7.94. The summed E-state index contributed by atoms with van der Waals surface area (Å²) >= 11 is 0. The number of rotatable bonds is 0. The van der Waals surface area contributed by atoms with Crippen LogP contribution >= 0.6 is 0 Å². The molecule has 1 aromatic carbocycles. The average Bonchev–Trinajstić information content (AvgIpc) is 2.62. The van der Waals surface area contributed by atoms with Gasteiger partial charge in [0.05, 0.1) is 17.8 Å². The third kappa shape index (κ3) is 1.21. The zero-order valence-electron chi connectivity index (χ0n) is 7.49. The van der Waals surface area contributed by atoms with E-state index in [9.17, 15) is 13.2 Å². The number of anilines is 2. The molecule has 0 amide bonds. The van der Waals surface area contributed by atoms with E-state index < -0.39 is 10.2 Å². The molecule has 1 aromatic rings. The van der Waals surface area contributed by atoms with E-state index >= 15 is 0 Å². The minimum absolute atomic E-state index is 0.168. The van der Waals surface area contributed by atoms with Crippen LogP contribution in [0.3, 0.4) is 0 Å².